The number of hydrogen-bond acceptors (Lipinski definition) is 2. The molecule has 0 saturated heterocycles. The summed E-state index contributed by atoms with van der Waals surface area (Å²) in [6.07, 6.45) is -2.70. The van der Waals surface area contributed by atoms with Gasteiger partial charge in [-0.1, -0.05) is 0 Å². The predicted molar refractivity (Wildman–Crippen MR) is 65.3 cm³/mol. The summed E-state index contributed by atoms with van der Waals surface area (Å²) in [5, 5.41) is 0.345. The van der Waals surface area contributed by atoms with Gasteiger partial charge < -0.3 is 9.72 Å². The van der Waals surface area contributed by atoms with E-state index in [1.54, 1.807) is 18.2 Å². The van der Waals surface area contributed by atoms with Gasteiger partial charge in [-0.3, -0.25) is 4.79 Å². The van der Waals surface area contributed by atoms with Crippen molar-refractivity contribution in [3.05, 3.63) is 40.2 Å². The summed E-state index contributed by atoms with van der Waals surface area (Å²) in [5.41, 5.74) is -0.424. The molecule has 0 atom stereocenters. The molecular weight excluding hydrogens is 240 g/mol. The summed E-state index contributed by atoms with van der Waals surface area (Å²) in [6.45, 7) is 3.74. The van der Waals surface area contributed by atoms with E-state index in [0.29, 0.717) is 16.7 Å². The van der Waals surface area contributed by atoms with Crippen LogP contribution >= 0.6 is 0 Å². The highest BCUT2D eigenvalue weighted by Gasteiger charge is 2.11. The van der Waals surface area contributed by atoms with Gasteiger partial charge in [0.2, 0.25) is 0 Å². The number of pyridine rings is 1. The molecule has 0 aliphatic carbocycles. The van der Waals surface area contributed by atoms with Crippen molar-refractivity contribution in [2.45, 2.75) is 26.4 Å². The minimum atomic E-state index is -2.69. The first-order valence-electron chi connectivity index (χ1n) is 5.59. The van der Waals surface area contributed by atoms with Crippen LogP contribution in [-0.4, -0.2) is 11.1 Å². The molecule has 0 spiro atoms. The van der Waals surface area contributed by atoms with Gasteiger partial charge in [-0.2, -0.15) is 0 Å². The Kier molecular flexibility index (Phi) is 3.32. The Morgan fingerprint density at radius 1 is 1.22 bits per heavy atom. The number of aromatic nitrogens is 1. The zero-order valence-electron chi connectivity index (χ0n) is 10.0. The van der Waals surface area contributed by atoms with Crippen molar-refractivity contribution in [1.82, 2.24) is 4.98 Å². The highest BCUT2D eigenvalue weighted by atomic mass is 19.3. The molecule has 3 nitrogen and oxygen atoms in total. The second kappa shape index (κ2) is 4.76. The maximum absolute atomic E-state index is 12.5. The summed E-state index contributed by atoms with van der Waals surface area (Å²) in [5.74, 6) is 0.549. The normalized spacial score (nSPS) is 11.4. The summed E-state index contributed by atoms with van der Waals surface area (Å²) in [4.78, 5) is 14.3. The predicted octanol–water partition coefficient (Wildman–Crippen LogP) is 3.25. The fraction of sp³-hybridized carbons (Fsp3) is 0.308. The molecule has 2 rings (SSSR count). The average molecular weight is 253 g/mol. The molecule has 1 aromatic heterocycles. The number of benzene rings is 1. The molecule has 0 bridgehead atoms. The zero-order chi connectivity index (χ0) is 13.3. The number of aromatic amines is 1. The number of H-pyrrole nitrogens is 1. The second-order valence-corrected chi connectivity index (χ2v) is 4.26. The molecule has 96 valence electrons. The number of nitrogens with one attached hydrogen (secondary N) is 1. The monoisotopic (exact) mass is 253 g/mol. The van der Waals surface area contributed by atoms with E-state index >= 15 is 0 Å². The van der Waals surface area contributed by atoms with Crippen LogP contribution in [0.2, 0.25) is 0 Å². The fourth-order valence-corrected chi connectivity index (χ4v) is 1.71. The molecule has 1 heterocycles. The summed E-state index contributed by atoms with van der Waals surface area (Å²) in [7, 11) is 0. The Balaban J connectivity index is 2.55. The van der Waals surface area contributed by atoms with E-state index in [4.69, 9.17) is 4.74 Å². The summed E-state index contributed by atoms with van der Waals surface area (Å²) >= 11 is 0. The van der Waals surface area contributed by atoms with Gasteiger partial charge in [-0.05, 0) is 32.0 Å². The number of halogens is 2. The van der Waals surface area contributed by atoms with E-state index in [1.165, 1.54) is 0 Å². The van der Waals surface area contributed by atoms with Crippen molar-refractivity contribution in [1.29, 1.82) is 0 Å². The van der Waals surface area contributed by atoms with E-state index in [0.717, 1.165) is 6.07 Å². The van der Waals surface area contributed by atoms with E-state index in [1.807, 2.05) is 13.8 Å². The number of alkyl halides is 2. The molecule has 0 amide bonds. The Bertz CT molecular complexity index is 620. The Morgan fingerprint density at radius 2 is 1.94 bits per heavy atom. The maximum Gasteiger partial charge on any atom is 0.278 e. The maximum atomic E-state index is 12.5. The van der Waals surface area contributed by atoms with Crippen molar-refractivity contribution in [3.8, 4) is 5.75 Å². The lowest BCUT2D eigenvalue weighted by atomic mass is 10.2. The number of ether oxygens (including phenoxy) is 1. The Morgan fingerprint density at radius 3 is 2.56 bits per heavy atom. The van der Waals surface area contributed by atoms with Crippen LogP contribution in [0.5, 0.6) is 5.75 Å². The van der Waals surface area contributed by atoms with E-state index in [-0.39, 0.29) is 11.8 Å². The molecule has 1 N–H and O–H groups in total. The van der Waals surface area contributed by atoms with Crippen LogP contribution in [0.15, 0.2) is 29.1 Å². The van der Waals surface area contributed by atoms with E-state index in [9.17, 15) is 13.6 Å². The first-order chi connectivity index (χ1) is 8.47. The SMILES string of the molecule is CC(C)Oc1ccc2[nH]c(C(F)F)cc(=O)c2c1. The van der Waals surface area contributed by atoms with Crippen molar-refractivity contribution >= 4 is 10.9 Å². The van der Waals surface area contributed by atoms with Gasteiger partial charge >= 0.3 is 0 Å². The van der Waals surface area contributed by atoms with Gasteiger partial charge in [0.15, 0.2) is 5.43 Å². The molecule has 5 heteroatoms. The average Bonchev–Trinajstić information content (AvgIpc) is 2.28. The number of hydrogen-bond donors (Lipinski definition) is 1. The second-order valence-electron chi connectivity index (χ2n) is 4.26. The Hall–Kier alpha value is -1.91. The quantitative estimate of drug-likeness (QED) is 0.912. The molecule has 18 heavy (non-hydrogen) atoms. The highest BCUT2D eigenvalue weighted by Crippen LogP contribution is 2.21. The van der Waals surface area contributed by atoms with Gasteiger partial charge in [0.25, 0.3) is 6.43 Å². The van der Waals surface area contributed by atoms with Crippen LogP contribution in [-0.2, 0) is 0 Å². The van der Waals surface area contributed by atoms with Crippen LogP contribution < -0.4 is 10.2 Å². The minimum Gasteiger partial charge on any atom is -0.491 e. The molecule has 0 fully saturated rings. The van der Waals surface area contributed by atoms with E-state index in [2.05, 4.69) is 4.98 Å². The van der Waals surface area contributed by atoms with Gasteiger partial charge in [-0.25, -0.2) is 8.78 Å². The van der Waals surface area contributed by atoms with Gasteiger partial charge in [0.05, 0.1) is 11.8 Å². The third-order valence-electron chi connectivity index (χ3n) is 2.43. The zero-order valence-corrected chi connectivity index (χ0v) is 10.0. The third kappa shape index (κ3) is 2.50. The lowest BCUT2D eigenvalue weighted by molar-refractivity contribution is 0.146. The van der Waals surface area contributed by atoms with Crippen LogP contribution in [0, 0.1) is 0 Å². The smallest absolute Gasteiger partial charge is 0.278 e. The third-order valence-corrected chi connectivity index (χ3v) is 2.43. The lowest BCUT2D eigenvalue weighted by Gasteiger charge is -2.10. The Labute approximate surface area is 102 Å². The van der Waals surface area contributed by atoms with E-state index < -0.39 is 11.9 Å². The molecule has 1 aromatic carbocycles. The minimum absolute atomic E-state index is 0.0122. The molecule has 0 saturated carbocycles. The standard InChI is InChI=1S/C13H13F2NO2/c1-7(2)18-8-3-4-10-9(5-8)12(17)6-11(16-10)13(14)15/h3-7,13H,1-2H3,(H,16,17). The fourth-order valence-electron chi connectivity index (χ4n) is 1.71. The van der Waals surface area contributed by atoms with Crippen molar-refractivity contribution in [2.75, 3.05) is 0 Å². The van der Waals surface area contributed by atoms with Crippen LogP contribution in [0.3, 0.4) is 0 Å². The first kappa shape index (κ1) is 12.5. The summed E-state index contributed by atoms with van der Waals surface area (Å²) in [6, 6.07) is 5.70. The van der Waals surface area contributed by atoms with Crippen LogP contribution in [0.4, 0.5) is 8.78 Å². The lowest BCUT2D eigenvalue weighted by Crippen LogP contribution is -2.08. The number of rotatable bonds is 3. The molecule has 0 aliphatic heterocycles. The molecule has 0 aliphatic rings. The number of fused-ring (bicyclic) bond motifs is 1. The van der Waals surface area contributed by atoms with Crippen LogP contribution in [0.1, 0.15) is 26.0 Å². The van der Waals surface area contributed by atoms with Crippen LogP contribution in [0.25, 0.3) is 10.9 Å². The molecular formula is C13H13F2NO2. The van der Waals surface area contributed by atoms with Gasteiger partial charge in [-0.15, -0.1) is 0 Å². The summed E-state index contributed by atoms with van der Waals surface area (Å²) < 4.78 is 30.5. The van der Waals surface area contributed by atoms with Gasteiger partial charge in [0, 0.05) is 17.0 Å². The largest absolute Gasteiger partial charge is 0.491 e. The molecule has 0 radical (unpaired) electrons. The topological polar surface area (TPSA) is 42.1 Å². The van der Waals surface area contributed by atoms with Gasteiger partial charge in [0.1, 0.15) is 5.75 Å². The molecule has 2 aromatic rings. The van der Waals surface area contributed by atoms with Crippen molar-refractivity contribution in [2.24, 2.45) is 0 Å². The first-order valence-corrected chi connectivity index (χ1v) is 5.59. The van der Waals surface area contributed by atoms with Crippen molar-refractivity contribution in [3.63, 3.8) is 0 Å². The molecule has 0 unspecified atom stereocenters. The van der Waals surface area contributed by atoms with Crippen molar-refractivity contribution < 1.29 is 13.5 Å². The highest BCUT2D eigenvalue weighted by molar-refractivity contribution is 5.80.